The van der Waals surface area contributed by atoms with Gasteiger partial charge in [0, 0.05) is 25.2 Å². The highest BCUT2D eigenvalue weighted by Gasteiger charge is 2.35. The predicted molar refractivity (Wildman–Crippen MR) is 69.5 cm³/mol. The summed E-state index contributed by atoms with van der Waals surface area (Å²) in [5.41, 5.74) is 0.615. The zero-order valence-electron chi connectivity index (χ0n) is 10.8. The maximum absolute atomic E-state index is 13.9. The minimum Gasteiger partial charge on any atom is -0.478 e. The lowest BCUT2D eigenvalue weighted by Crippen LogP contribution is -2.21. The summed E-state index contributed by atoms with van der Waals surface area (Å²) in [7, 11) is 0. The van der Waals surface area contributed by atoms with Gasteiger partial charge in [-0.3, -0.25) is 4.90 Å². The van der Waals surface area contributed by atoms with Crippen molar-refractivity contribution >= 4 is 5.97 Å². The fourth-order valence-corrected chi connectivity index (χ4v) is 3.51. The molecule has 1 heterocycles. The second-order valence-corrected chi connectivity index (χ2v) is 5.76. The SMILES string of the molecule is O=C(O)c1ccc(CN2CC3CCCC3C2)c(F)c1. The molecule has 1 aromatic carbocycles. The van der Waals surface area contributed by atoms with Gasteiger partial charge in [0.1, 0.15) is 5.82 Å². The molecule has 19 heavy (non-hydrogen) atoms. The molecule has 4 heteroatoms. The van der Waals surface area contributed by atoms with E-state index >= 15 is 0 Å². The number of nitrogens with zero attached hydrogens (tertiary/aromatic N) is 1. The molecule has 2 aliphatic rings. The molecule has 0 aromatic heterocycles. The molecule has 1 N–H and O–H groups in total. The van der Waals surface area contributed by atoms with E-state index in [0.717, 1.165) is 31.0 Å². The van der Waals surface area contributed by atoms with Gasteiger partial charge in [0.15, 0.2) is 0 Å². The van der Waals surface area contributed by atoms with Crippen molar-refractivity contribution in [1.29, 1.82) is 0 Å². The van der Waals surface area contributed by atoms with E-state index in [1.165, 1.54) is 25.3 Å². The van der Waals surface area contributed by atoms with Crippen LogP contribution < -0.4 is 0 Å². The lowest BCUT2D eigenvalue weighted by Gasteiger charge is -2.17. The van der Waals surface area contributed by atoms with Crippen LogP contribution in [-0.2, 0) is 6.54 Å². The summed E-state index contributed by atoms with van der Waals surface area (Å²) in [5.74, 6) is 0.0980. The molecule has 1 saturated carbocycles. The van der Waals surface area contributed by atoms with Crippen molar-refractivity contribution in [1.82, 2.24) is 4.90 Å². The summed E-state index contributed by atoms with van der Waals surface area (Å²) < 4.78 is 13.9. The Labute approximate surface area is 112 Å². The van der Waals surface area contributed by atoms with Crippen LogP contribution in [0.4, 0.5) is 4.39 Å². The van der Waals surface area contributed by atoms with E-state index in [9.17, 15) is 9.18 Å². The highest BCUT2D eigenvalue weighted by Crippen LogP contribution is 2.38. The Morgan fingerprint density at radius 1 is 1.32 bits per heavy atom. The zero-order valence-corrected chi connectivity index (χ0v) is 10.8. The van der Waals surface area contributed by atoms with Crippen LogP contribution in [0.3, 0.4) is 0 Å². The summed E-state index contributed by atoms with van der Waals surface area (Å²) in [6, 6.07) is 4.21. The number of carbonyl (C=O) groups is 1. The summed E-state index contributed by atoms with van der Waals surface area (Å²) in [6.07, 6.45) is 3.95. The van der Waals surface area contributed by atoms with Crippen LogP contribution in [0.2, 0.25) is 0 Å². The maximum Gasteiger partial charge on any atom is 0.335 e. The van der Waals surface area contributed by atoms with Crippen LogP contribution >= 0.6 is 0 Å². The molecule has 0 spiro atoms. The van der Waals surface area contributed by atoms with Crippen molar-refractivity contribution in [2.45, 2.75) is 25.8 Å². The molecule has 1 aliphatic carbocycles. The highest BCUT2D eigenvalue weighted by molar-refractivity contribution is 5.87. The smallest absolute Gasteiger partial charge is 0.335 e. The molecule has 3 nitrogen and oxygen atoms in total. The van der Waals surface area contributed by atoms with Gasteiger partial charge in [-0.05, 0) is 36.8 Å². The number of halogens is 1. The minimum atomic E-state index is -1.08. The number of aromatic carboxylic acids is 1. The van der Waals surface area contributed by atoms with Crippen molar-refractivity contribution < 1.29 is 14.3 Å². The minimum absolute atomic E-state index is 0.0135. The third-order valence-electron chi connectivity index (χ3n) is 4.50. The Balaban J connectivity index is 1.69. The Morgan fingerprint density at radius 3 is 2.58 bits per heavy atom. The number of benzene rings is 1. The molecule has 2 unspecified atom stereocenters. The van der Waals surface area contributed by atoms with E-state index < -0.39 is 11.8 Å². The summed E-state index contributed by atoms with van der Waals surface area (Å²) in [4.78, 5) is 13.1. The fourth-order valence-electron chi connectivity index (χ4n) is 3.51. The van der Waals surface area contributed by atoms with Gasteiger partial charge in [-0.2, -0.15) is 0 Å². The Kier molecular flexibility index (Phi) is 3.27. The largest absolute Gasteiger partial charge is 0.478 e. The summed E-state index contributed by atoms with van der Waals surface area (Å²) in [5, 5.41) is 8.82. The molecule has 2 atom stereocenters. The van der Waals surface area contributed by atoms with Gasteiger partial charge in [-0.15, -0.1) is 0 Å². The average molecular weight is 263 g/mol. The first-order valence-electron chi connectivity index (χ1n) is 6.87. The second-order valence-electron chi connectivity index (χ2n) is 5.76. The van der Waals surface area contributed by atoms with Crippen LogP contribution in [0.1, 0.15) is 35.2 Å². The average Bonchev–Trinajstić information content (AvgIpc) is 2.92. The Bertz CT molecular complexity index is 491. The quantitative estimate of drug-likeness (QED) is 0.911. The van der Waals surface area contributed by atoms with Gasteiger partial charge in [0.05, 0.1) is 5.56 Å². The van der Waals surface area contributed by atoms with Gasteiger partial charge >= 0.3 is 5.97 Å². The van der Waals surface area contributed by atoms with E-state index in [0.29, 0.717) is 12.1 Å². The van der Waals surface area contributed by atoms with E-state index in [4.69, 9.17) is 5.11 Å². The van der Waals surface area contributed by atoms with Crippen LogP contribution in [0.15, 0.2) is 18.2 Å². The molecular weight excluding hydrogens is 245 g/mol. The van der Waals surface area contributed by atoms with Crippen molar-refractivity contribution in [3.8, 4) is 0 Å². The molecule has 1 saturated heterocycles. The molecule has 3 rings (SSSR count). The van der Waals surface area contributed by atoms with Gasteiger partial charge in [0.2, 0.25) is 0 Å². The van der Waals surface area contributed by atoms with E-state index in [-0.39, 0.29) is 5.56 Å². The number of hydrogen-bond donors (Lipinski definition) is 1. The van der Waals surface area contributed by atoms with E-state index in [1.807, 2.05) is 0 Å². The molecule has 0 amide bonds. The molecule has 102 valence electrons. The number of rotatable bonds is 3. The Hall–Kier alpha value is -1.42. The van der Waals surface area contributed by atoms with Crippen LogP contribution in [0, 0.1) is 17.7 Å². The van der Waals surface area contributed by atoms with Crippen molar-refractivity contribution in [2.24, 2.45) is 11.8 Å². The zero-order chi connectivity index (χ0) is 13.4. The first-order valence-corrected chi connectivity index (χ1v) is 6.87. The number of hydrogen-bond acceptors (Lipinski definition) is 2. The lowest BCUT2D eigenvalue weighted by atomic mass is 10.0. The van der Waals surface area contributed by atoms with E-state index in [1.54, 1.807) is 6.07 Å². The first kappa shape index (κ1) is 12.6. The van der Waals surface area contributed by atoms with Crippen LogP contribution in [-0.4, -0.2) is 29.1 Å². The fraction of sp³-hybridized carbons (Fsp3) is 0.533. The molecule has 1 aliphatic heterocycles. The summed E-state index contributed by atoms with van der Waals surface area (Å²) in [6.45, 7) is 2.72. The normalized spacial score (nSPS) is 26.6. The van der Waals surface area contributed by atoms with Crippen LogP contribution in [0.25, 0.3) is 0 Å². The van der Waals surface area contributed by atoms with Gasteiger partial charge in [-0.1, -0.05) is 12.5 Å². The summed E-state index contributed by atoms with van der Waals surface area (Å²) >= 11 is 0. The van der Waals surface area contributed by atoms with Gasteiger partial charge < -0.3 is 5.11 Å². The third-order valence-corrected chi connectivity index (χ3v) is 4.50. The second kappa shape index (κ2) is 4.93. The van der Waals surface area contributed by atoms with E-state index in [2.05, 4.69) is 4.90 Å². The standard InChI is InChI=1S/C15H18FNO2/c16-14-6-10(15(18)19)4-5-13(14)9-17-7-11-2-1-3-12(11)8-17/h4-6,11-12H,1-3,7-9H2,(H,18,19). The first-order chi connectivity index (χ1) is 9.13. The van der Waals surface area contributed by atoms with Gasteiger partial charge in [0.25, 0.3) is 0 Å². The predicted octanol–water partition coefficient (Wildman–Crippen LogP) is 2.76. The lowest BCUT2D eigenvalue weighted by molar-refractivity contribution is 0.0696. The number of carboxylic acids is 1. The molecular formula is C15H18FNO2. The Morgan fingerprint density at radius 2 is 2.00 bits per heavy atom. The maximum atomic E-state index is 13.9. The molecule has 0 bridgehead atoms. The van der Waals surface area contributed by atoms with Crippen molar-refractivity contribution in [3.05, 3.63) is 35.1 Å². The third kappa shape index (κ3) is 2.50. The van der Waals surface area contributed by atoms with Crippen molar-refractivity contribution in [2.75, 3.05) is 13.1 Å². The number of carboxylic acid groups (broad SMARTS) is 1. The number of likely N-dealkylation sites (tertiary alicyclic amines) is 1. The molecule has 1 aromatic rings. The van der Waals surface area contributed by atoms with Crippen LogP contribution in [0.5, 0.6) is 0 Å². The van der Waals surface area contributed by atoms with Gasteiger partial charge in [-0.25, -0.2) is 9.18 Å². The molecule has 0 radical (unpaired) electrons. The topological polar surface area (TPSA) is 40.5 Å². The number of fused-ring (bicyclic) bond motifs is 1. The monoisotopic (exact) mass is 263 g/mol. The van der Waals surface area contributed by atoms with Crippen molar-refractivity contribution in [3.63, 3.8) is 0 Å². The molecule has 2 fully saturated rings. The highest BCUT2D eigenvalue weighted by atomic mass is 19.1.